The van der Waals surface area contributed by atoms with Crippen molar-refractivity contribution in [1.29, 1.82) is 0 Å². The number of hydrogen-bond donors (Lipinski definition) is 1. The Bertz CT molecular complexity index is 764. The molecule has 0 bridgehead atoms. The van der Waals surface area contributed by atoms with Crippen LogP contribution in [-0.4, -0.2) is 23.3 Å². The molecule has 0 saturated carbocycles. The first kappa shape index (κ1) is 16.5. The van der Waals surface area contributed by atoms with Crippen LogP contribution >= 0.6 is 11.6 Å². The zero-order chi connectivity index (χ0) is 17.1. The molecule has 1 aliphatic rings. The topological polar surface area (TPSA) is 62.3 Å². The summed E-state index contributed by atoms with van der Waals surface area (Å²) in [5.74, 6) is -0.515. The highest BCUT2D eigenvalue weighted by Gasteiger charge is 2.35. The molecule has 0 radical (unpaired) electrons. The first-order valence-corrected chi connectivity index (χ1v) is 8.15. The van der Waals surface area contributed by atoms with Crippen molar-refractivity contribution in [2.75, 3.05) is 11.4 Å². The van der Waals surface area contributed by atoms with Crippen LogP contribution in [0.5, 0.6) is 0 Å². The predicted octanol–water partition coefficient (Wildman–Crippen LogP) is 2.71. The van der Waals surface area contributed by atoms with E-state index in [0.29, 0.717) is 18.1 Å². The van der Waals surface area contributed by atoms with Gasteiger partial charge in [-0.05, 0) is 42.3 Å². The van der Waals surface area contributed by atoms with Crippen LogP contribution in [0.2, 0.25) is 5.02 Å². The second-order valence-electron chi connectivity index (χ2n) is 5.91. The molecule has 1 saturated heterocycles. The lowest BCUT2D eigenvalue weighted by molar-refractivity contribution is -0.126. The smallest absolute Gasteiger partial charge is 0.227 e. The molecular weight excluding hydrogens is 326 g/mol. The fourth-order valence-electron chi connectivity index (χ4n) is 2.72. The van der Waals surface area contributed by atoms with Gasteiger partial charge >= 0.3 is 0 Å². The lowest BCUT2D eigenvalue weighted by atomic mass is 10.1. The minimum Gasteiger partial charge on any atom is -0.352 e. The van der Waals surface area contributed by atoms with Crippen molar-refractivity contribution in [1.82, 2.24) is 10.3 Å². The van der Waals surface area contributed by atoms with Gasteiger partial charge in [-0.15, -0.1) is 0 Å². The van der Waals surface area contributed by atoms with Crippen LogP contribution < -0.4 is 10.2 Å². The van der Waals surface area contributed by atoms with E-state index in [-0.39, 0.29) is 24.2 Å². The normalized spacial score (nSPS) is 17.2. The molecule has 1 fully saturated rings. The highest BCUT2D eigenvalue weighted by Crippen LogP contribution is 2.28. The van der Waals surface area contributed by atoms with Gasteiger partial charge in [-0.2, -0.15) is 0 Å². The highest BCUT2D eigenvalue weighted by molar-refractivity contribution is 6.31. The number of halogens is 1. The third kappa shape index (κ3) is 3.57. The van der Waals surface area contributed by atoms with Crippen LogP contribution in [0.3, 0.4) is 0 Å². The number of nitrogens with one attached hydrogen (secondary N) is 1. The Morgan fingerprint density at radius 1 is 1.33 bits per heavy atom. The molecule has 124 valence electrons. The molecule has 0 aliphatic carbocycles. The van der Waals surface area contributed by atoms with Gasteiger partial charge in [0.15, 0.2) is 0 Å². The van der Waals surface area contributed by atoms with Crippen LogP contribution in [0.15, 0.2) is 42.7 Å². The lowest BCUT2D eigenvalue weighted by Gasteiger charge is -2.17. The molecule has 1 aromatic carbocycles. The summed E-state index contributed by atoms with van der Waals surface area (Å²) in [5, 5.41) is 3.50. The average Bonchev–Trinajstić information content (AvgIpc) is 2.98. The zero-order valence-corrected chi connectivity index (χ0v) is 14.1. The molecule has 0 unspecified atom stereocenters. The van der Waals surface area contributed by atoms with Gasteiger partial charge < -0.3 is 10.2 Å². The van der Waals surface area contributed by atoms with E-state index in [1.54, 1.807) is 23.4 Å². The number of aryl methyl sites for hydroxylation is 1. The fraction of sp³-hybridized carbons (Fsp3) is 0.278. The first-order valence-electron chi connectivity index (χ1n) is 7.77. The van der Waals surface area contributed by atoms with Crippen molar-refractivity contribution < 1.29 is 9.59 Å². The average molecular weight is 344 g/mol. The third-order valence-electron chi connectivity index (χ3n) is 4.18. The third-order valence-corrected chi connectivity index (χ3v) is 4.59. The van der Waals surface area contributed by atoms with E-state index < -0.39 is 0 Å². The summed E-state index contributed by atoms with van der Waals surface area (Å²) in [7, 11) is 0. The molecule has 2 heterocycles. The number of carbonyl (C=O) groups is 2. The molecule has 2 amide bonds. The van der Waals surface area contributed by atoms with Crippen molar-refractivity contribution in [3.8, 4) is 0 Å². The zero-order valence-electron chi connectivity index (χ0n) is 13.3. The molecule has 24 heavy (non-hydrogen) atoms. The Morgan fingerprint density at radius 2 is 2.08 bits per heavy atom. The lowest BCUT2D eigenvalue weighted by Crippen LogP contribution is -2.32. The van der Waals surface area contributed by atoms with Gasteiger partial charge in [0.2, 0.25) is 11.8 Å². The SMILES string of the molecule is Cc1ccc(N2C[C@H](C(=O)NCc3ccncc3)CC2=O)cc1Cl. The van der Waals surface area contributed by atoms with E-state index in [2.05, 4.69) is 10.3 Å². The van der Waals surface area contributed by atoms with Gasteiger partial charge in [0.05, 0.1) is 5.92 Å². The largest absolute Gasteiger partial charge is 0.352 e. The van der Waals surface area contributed by atoms with Crippen LogP contribution in [0.25, 0.3) is 0 Å². The fourth-order valence-corrected chi connectivity index (χ4v) is 2.89. The Hall–Kier alpha value is -2.40. The number of hydrogen-bond acceptors (Lipinski definition) is 3. The second-order valence-corrected chi connectivity index (χ2v) is 6.32. The number of pyridine rings is 1. The summed E-state index contributed by atoms with van der Waals surface area (Å²) in [5.41, 5.74) is 2.67. The van der Waals surface area contributed by atoms with Gasteiger partial charge in [0, 0.05) is 42.6 Å². The van der Waals surface area contributed by atoms with Gasteiger partial charge in [-0.1, -0.05) is 17.7 Å². The number of rotatable bonds is 4. The molecule has 1 N–H and O–H groups in total. The highest BCUT2D eigenvalue weighted by atomic mass is 35.5. The molecule has 1 aromatic heterocycles. The second kappa shape index (κ2) is 7.01. The summed E-state index contributed by atoms with van der Waals surface area (Å²) in [4.78, 5) is 30.2. The molecule has 1 atom stereocenters. The number of anilines is 1. The van der Waals surface area contributed by atoms with Crippen LogP contribution in [0.4, 0.5) is 5.69 Å². The number of benzene rings is 1. The molecule has 2 aromatic rings. The molecule has 1 aliphatic heterocycles. The number of carbonyl (C=O) groups excluding carboxylic acids is 2. The Morgan fingerprint density at radius 3 is 2.79 bits per heavy atom. The van der Waals surface area contributed by atoms with E-state index in [1.165, 1.54) is 0 Å². The van der Waals surface area contributed by atoms with E-state index in [0.717, 1.165) is 16.8 Å². The maximum absolute atomic E-state index is 12.3. The summed E-state index contributed by atoms with van der Waals surface area (Å²) in [6.45, 7) is 2.72. The molecule has 0 spiro atoms. The predicted molar refractivity (Wildman–Crippen MR) is 92.7 cm³/mol. The standard InChI is InChI=1S/C18H18ClN3O2/c1-12-2-3-15(9-16(12)19)22-11-14(8-17(22)23)18(24)21-10-13-4-6-20-7-5-13/h2-7,9,14H,8,10-11H2,1H3,(H,21,24)/t14-/m1/s1. The van der Waals surface area contributed by atoms with Gasteiger partial charge in [-0.25, -0.2) is 0 Å². The molecular formula is C18H18ClN3O2. The Kier molecular flexibility index (Phi) is 4.81. The van der Waals surface area contributed by atoms with Crippen molar-refractivity contribution in [3.05, 3.63) is 58.9 Å². The van der Waals surface area contributed by atoms with Gasteiger partial charge in [-0.3, -0.25) is 14.6 Å². The van der Waals surface area contributed by atoms with Crippen molar-refractivity contribution in [3.63, 3.8) is 0 Å². The van der Waals surface area contributed by atoms with E-state index in [1.807, 2.05) is 31.2 Å². The number of amides is 2. The van der Waals surface area contributed by atoms with Crippen LogP contribution in [-0.2, 0) is 16.1 Å². The van der Waals surface area contributed by atoms with Crippen LogP contribution in [0.1, 0.15) is 17.5 Å². The minimum atomic E-state index is -0.348. The summed E-state index contributed by atoms with van der Waals surface area (Å²) >= 11 is 6.13. The number of nitrogens with zero attached hydrogens (tertiary/aromatic N) is 2. The maximum atomic E-state index is 12.3. The van der Waals surface area contributed by atoms with E-state index in [4.69, 9.17) is 11.6 Å². The first-order chi connectivity index (χ1) is 11.5. The molecule has 3 rings (SSSR count). The Balaban J connectivity index is 1.63. The van der Waals surface area contributed by atoms with E-state index >= 15 is 0 Å². The maximum Gasteiger partial charge on any atom is 0.227 e. The van der Waals surface area contributed by atoms with Crippen molar-refractivity contribution >= 4 is 29.1 Å². The summed E-state index contributed by atoms with van der Waals surface area (Å²) in [6.07, 6.45) is 3.58. The van der Waals surface area contributed by atoms with Crippen molar-refractivity contribution in [2.45, 2.75) is 19.9 Å². The summed E-state index contributed by atoms with van der Waals surface area (Å²) in [6, 6.07) is 9.20. The Labute approximate surface area is 145 Å². The van der Waals surface area contributed by atoms with E-state index in [9.17, 15) is 9.59 Å². The van der Waals surface area contributed by atoms with Gasteiger partial charge in [0.1, 0.15) is 0 Å². The summed E-state index contributed by atoms with van der Waals surface area (Å²) < 4.78 is 0. The quantitative estimate of drug-likeness (QED) is 0.928. The molecule has 6 heteroatoms. The van der Waals surface area contributed by atoms with Crippen LogP contribution in [0, 0.1) is 12.8 Å². The van der Waals surface area contributed by atoms with Crippen molar-refractivity contribution in [2.24, 2.45) is 5.92 Å². The minimum absolute atomic E-state index is 0.0565. The number of aromatic nitrogens is 1. The molecule has 5 nitrogen and oxygen atoms in total. The van der Waals surface area contributed by atoms with Gasteiger partial charge in [0.25, 0.3) is 0 Å². The monoisotopic (exact) mass is 343 g/mol.